The fraction of sp³-hybridized carbons (Fsp3) is 0.650. The van der Waals surface area contributed by atoms with Gasteiger partial charge < -0.3 is 24.8 Å². The Labute approximate surface area is 162 Å². The summed E-state index contributed by atoms with van der Waals surface area (Å²) in [5, 5.41) is 5.86. The molecular weight excluding hydrogens is 346 g/mol. The molecule has 1 aliphatic heterocycles. The van der Waals surface area contributed by atoms with E-state index in [-0.39, 0.29) is 6.03 Å². The highest BCUT2D eigenvalue weighted by atomic mass is 16.5. The number of amides is 2. The molecule has 2 amide bonds. The van der Waals surface area contributed by atoms with Gasteiger partial charge in [-0.1, -0.05) is 6.42 Å². The first-order valence-electron chi connectivity index (χ1n) is 9.57. The summed E-state index contributed by atoms with van der Waals surface area (Å²) < 4.78 is 16.1. The number of urea groups is 1. The fourth-order valence-corrected chi connectivity index (χ4v) is 3.67. The molecule has 0 radical (unpaired) electrons. The van der Waals surface area contributed by atoms with Crippen molar-refractivity contribution in [3.8, 4) is 17.2 Å². The number of ether oxygens (including phenoxy) is 3. The van der Waals surface area contributed by atoms with Gasteiger partial charge in [0.05, 0.1) is 21.3 Å². The van der Waals surface area contributed by atoms with Crippen LogP contribution in [0.5, 0.6) is 17.2 Å². The zero-order chi connectivity index (χ0) is 19.8. The summed E-state index contributed by atoms with van der Waals surface area (Å²) in [6.07, 6.45) is 3.76. The summed E-state index contributed by atoms with van der Waals surface area (Å²) in [5.74, 6) is 1.67. The Balaban J connectivity index is 1.88. The minimum Gasteiger partial charge on any atom is -0.493 e. The predicted octanol–water partition coefficient (Wildman–Crippen LogP) is 2.77. The number of carbonyl (C=O) groups excluding carboxylic acids is 1. The maximum absolute atomic E-state index is 12.2. The van der Waals surface area contributed by atoms with Crippen molar-refractivity contribution >= 4 is 6.03 Å². The van der Waals surface area contributed by atoms with E-state index < -0.39 is 0 Å². The number of nitrogens with zero attached hydrogens (tertiary/aromatic N) is 1. The third-order valence-electron chi connectivity index (χ3n) is 5.20. The van der Waals surface area contributed by atoms with Crippen LogP contribution < -0.4 is 24.8 Å². The summed E-state index contributed by atoms with van der Waals surface area (Å²) in [6, 6.07) is 4.37. The molecule has 2 rings (SSSR count). The molecule has 0 spiro atoms. The molecule has 7 heteroatoms. The smallest absolute Gasteiger partial charge is 0.315 e. The van der Waals surface area contributed by atoms with Crippen molar-refractivity contribution in [1.29, 1.82) is 0 Å². The Bertz CT molecular complexity index is 623. The number of hydrogen-bond donors (Lipinski definition) is 2. The molecular formula is C20H33N3O4. The molecule has 0 saturated carbocycles. The van der Waals surface area contributed by atoms with Gasteiger partial charge in [0.15, 0.2) is 11.5 Å². The molecule has 1 heterocycles. The van der Waals surface area contributed by atoms with Gasteiger partial charge in [-0.15, -0.1) is 0 Å². The second-order valence-corrected chi connectivity index (χ2v) is 6.99. The quantitative estimate of drug-likeness (QED) is 0.727. The average molecular weight is 380 g/mol. The lowest BCUT2D eigenvalue weighted by Gasteiger charge is -2.38. The maximum Gasteiger partial charge on any atom is 0.315 e. The zero-order valence-electron chi connectivity index (χ0n) is 17.1. The van der Waals surface area contributed by atoms with Crippen LogP contribution in [0.3, 0.4) is 0 Å². The summed E-state index contributed by atoms with van der Waals surface area (Å²) in [7, 11) is 4.71. The molecule has 152 valence electrons. The molecule has 1 saturated heterocycles. The number of hydrogen-bond acceptors (Lipinski definition) is 5. The van der Waals surface area contributed by atoms with Crippen molar-refractivity contribution < 1.29 is 19.0 Å². The van der Waals surface area contributed by atoms with Crippen molar-refractivity contribution in [2.24, 2.45) is 0 Å². The molecule has 0 aliphatic carbocycles. The van der Waals surface area contributed by atoms with Gasteiger partial charge in [0, 0.05) is 30.7 Å². The highest BCUT2D eigenvalue weighted by molar-refractivity contribution is 5.74. The van der Waals surface area contributed by atoms with Crippen molar-refractivity contribution in [3.05, 3.63) is 17.7 Å². The van der Waals surface area contributed by atoms with Crippen LogP contribution in [0.25, 0.3) is 0 Å². The van der Waals surface area contributed by atoms with Crippen LogP contribution in [-0.2, 0) is 6.54 Å². The number of rotatable bonds is 8. The van der Waals surface area contributed by atoms with E-state index in [1.807, 2.05) is 6.07 Å². The van der Waals surface area contributed by atoms with E-state index >= 15 is 0 Å². The van der Waals surface area contributed by atoms with Gasteiger partial charge >= 0.3 is 6.03 Å². The molecule has 1 aromatic carbocycles. The van der Waals surface area contributed by atoms with E-state index in [2.05, 4.69) is 29.4 Å². The highest BCUT2D eigenvalue weighted by Gasteiger charge is 2.23. The molecule has 7 nitrogen and oxygen atoms in total. The summed E-state index contributed by atoms with van der Waals surface area (Å²) >= 11 is 0. The van der Waals surface area contributed by atoms with E-state index in [1.165, 1.54) is 19.3 Å². The molecule has 0 unspecified atom stereocenters. The molecule has 1 aromatic rings. The van der Waals surface area contributed by atoms with E-state index in [0.29, 0.717) is 42.4 Å². The lowest BCUT2D eigenvalue weighted by Crippen LogP contribution is -2.49. The molecule has 2 N–H and O–H groups in total. The summed E-state index contributed by atoms with van der Waals surface area (Å²) in [5.41, 5.74) is 0.822. The van der Waals surface area contributed by atoms with E-state index in [1.54, 1.807) is 27.4 Å². The number of nitrogens with one attached hydrogen (secondary N) is 2. The monoisotopic (exact) mass is 379 g/mol. The number of benzene rings is 1. The van der Waals surface area contributed by atoms with Crippen LogP contribution in [0, 0.1) is 0 Å². The number of methoxy groups -OCH3 is 3. The van der Waals surface area contributed by atoms with Crippen molar-refractivity contribution in [2.75, 3.05) is 34.4 Å². The standard InChI is InChI=1S/C20H33N3O4/c1-14-8-6-7-11-23(14)15(2)12-21-20(24)22-13-16-9-10-17(25-3)19(27-5)18(16)26-4/h9-10,14-15H,6-8,11-13H2,1-5H3,(H2,21,22,24)/t14-,15-/m0/s1. The van der Waals surface area contributed by atoms with Crippen LogP contribution in [0.15, 0.2) is 12.1 Å². The van der Waals surface area contributed by atoms with Gasteiger partial charge in [-0.2, -0.15) is 0 Å². The summed E-state index contributed by atoms with van der Waals surface area (Å²) in [6.45, 7) is 6.50. The normalized spacial score (nSPS) is 18.5. The van der Waals surface area contributed by atoms with Crippen LogP contribution in [0.2, 0.25) is 0 Å². The van der Waals surface area contributed by atoms with E-state index in [4.69, 9.17) is 14.2 Å². The molecule has 1 aliphatic rings. The van der Waals surface area contributed by atoms with Gasteiger partial charge in [-0.25, -0.2) is 4.79 Å². The van der Waals surface area contributed by atoms with E-state index in [0.717, 1.165) is 12.1 Å². The Kier molecular flexibility index (Phi) is 8.03. The Morgan fingerprint density at radius 3 is 2.52 bits per heavy atom. The maximum atomic E-state index is 12.2. The Hall–Kier alpha value is -2.15. The Morgan fingerprint density at radius 2 is 1.89 bits per heavy atom. The Morgan fingerprint density at radius 1 is 1.15 bits per heavy atom. The predicted molar refractivity (Wildman–Crippen MR) is 106 cm³/mol. The van der Waals surface area contributed by atoms with E-state index in [9.17, 15) is 4.79 Å². The molecule has 27 heavy (non-hydrogen) atoms. The highest BCUT2D eigenvalue weighted by Crippen LogP contribution is 2.39. The van der Waals surface area contributed by atoms with Crippen molar-refractivity contribution in [1.82, 2.24) is 15.5 Å². The first kappa shape index (κ1) is 21.2. The number of piperidine rings is 1. The SMILES string of the molecule is COc1ccc(CNC(=O)NC[C@H](C)N2CCCC[C@@H]2C)c(OC)c1OC. The van der Waals surface area contributed by atoms with Crippen molar-refractivity contribution in [3.63, 3.8) is 0 Å². The third-order valence-corrected chi connectivity index (χ3v) is 5.20. The topological polar surface area (TPSA) is 72.1 Å². The number of carbonyl (C=O) groups is 1. The van der Waals surface area contributed by atoms with Crippen molar-refractivity contribution in [2.45, 2.75) is 51.7 Å². The second kappa shape index (κ2) is 10.3. The molecule has 0 aromatic heterocycles. The molecule has 2 atom stereocenters. The van der Waals surface area contributed by atoms with Gasteiger partial charge in [-0.3, -0.25) is 4.90 Å². The van der Waals surface area contributed by atoms with Crippen LogP contribution in [-0.4, -0.2) is 57.4 Å². The fourth-order valence-electron chi connectivity index (χ4n) is 3.67. The minimum atomic E-state index is -0.191. The van der Waals surface area contributed by atoms with Gasteiger partial charge in [-0.05, 0) is 45.4 Å². The minimum absolute atomic E-state index is 0.191. The van der Waals surface area contributed by atoms with Gasteiger partial charge in [0.25, 0.3) is 0 Å². The molecule has 0 bridgehead atoms. The lowest BCUT2D eigenvalue weighted by atomic mass is 10.0. The zero-order valence-corrected chi connectivity index (χ0v) is 17.1. The van der Waals surface area contributed by atoms with Gasteiger partial charge in [0.1, 0.15) is 0 Å². The number of likely N-dealkylation sites (tertiary alicyclic amines) is 1. The van der Waals surface area contributed by atoms with Crippen LogP contribution >= 0.6 is 0 Å². The average Bonchev–Trinajstić information content (AvgIpc) is 2.69. The molecule has 1 fully saturated rings. The first-order valence-corrected chi connectivity index (χ1v) is 9.57. The lowest BCUT2D eigenvalue weighted by molar-refractivity contribution is 0.114. The second-order valence-electron chi connectivity index (χ2n) is 6.99. The van der Waals surface area contributed by atoms with Crippen LogP contribution in [0.1, 0.15) is 38.7 Å². The van der Waals surface area contributed by atoms with Gasteiger partial charge in [0.2, 0.25) is 5.75 Å². The third kappa shape index (κ3) is 5.42. The van der Waals surface area contributed by atoms with Crippen LogP contribution in [0.4, 0.5) is 4.79 Å². The first-order chi connectivity index (χ1) is 13.0. The largest absolute Gasteiger partial charge is 0.493 e. The summed E-state index contributed by atoms with van der Waals surface area (Å²) in [4.78, 5) is 14.7.